The van der Waals surface area contributed by atoms with Crippen molar-refractivity contribution in [2.24, 2.45) is 0 Å². The van der Waals surface area contributed by atoms with Gasteiger partial charge in [-0.1, -0.05) is 124 Å². The van der Waals surface area contributed by atoms with Gasteiger partial charge in [0.2, 0.25) is 0 Å². The third-order valence-corrected chi connectivity index (χ3v) is 12.8. The summed E-state index contributed by atoms with van der Waals surface area (Å²) >= 11 is 6.31. The first kappa shape index (κ1) is 32.6. The van der Waals surface area contributed by atoms with Crippen LogP contribution in [0.4, 0.5) is 0 Å². The van der Waals surface area contributed by atoms with Crippen LogP contribution in [0.3, 0.4) is 0 Å². The maximum Gasteiger partial charge on any atom is 0.261 e. The van der Waals surface area contributed by atoms with Gasteiger partial charge in [-0.2, -0.15) is 0 Å². The molecule has 1 unspecified atom stereocenters. The van der Waals surface area contributed by atoms with Crippen LogP contribution in [0.2, 0.25) is 10.1 Å². The van der Waals surface area contributed by atoms with E-state index in [9.17, 15) is 15.3 Å². The van der Waals surface area contributed by atoms with E-state index in [1.165, 1.54) is 16.4 Å². The first-order chi connectivity index (χ1) is 19.5. The second kappa shape index (κ2) is 14.8. The average molecular weight is 591 g/mol. The summed E-state index contributed by atoms with van der Waals surface area (Å²) in [4.78, 5) is 0. The van der Waals surface area contributed by atoms with Gasteiger partial charge in [-0.3, -0.25) is 0 Å². The van der Waals surface area contributed by atoms with Crippen LogP contribution in [0.1, 0.15) is 52.5 Å². The minimum atomic E-state index is -2.78. The van der Waals surface area contributed by atoms with Crippen LogP contribution in [0.5, 0.6) is 5.75 Å². The van der Waals surface area contributed by atoms with Crippen LogP contribution in [0.15, 0.2) is 108 Å². The molecule has 0 aliphatic heterocycles. The van der Waals surface area contributed by atoms with E-state index in [4.69, 9.17) is 16.0 Å². The predicted octanol–water partition coefficient (Wildman–Crippen LogP) is 7.03. The summed E-state index contributed by atoms with van der Waals surface area (Å²) in [6.45, 7) is 13.1. The molecule has 0 heterocycles. The molecule has 0 amide bonds. The number of halogens is 1. The van der Waals surface area contributed by atoms with Crippen molar-refractivity contribution in [2.45, 2.75) is 58.1 Å². The number of phenols is 1. The molecule has 0 saturated heterocycles. The third kappa shape index (κ3) is 8.09. The number of aliphatic hydroxyl groups is 2. The summed E-state index contributed by atoms with van der Waals surface area (Å²) in [5.74, 6) is 0.123. The molecule has 3 aromatic carbocycles. The Bertz CT molecular complexity index is 1300. The number of aliphatic hydroxyl groups excluding tert-OH is 2. The summed E-state index contributed by atoms with van der Waals surface area (Å²) in [5, 5.41) is 33.4. The molecule has 0 spiro atoms. The lowest BCUT2D eigenvalue weighted by Crippen LogP contribution is -2.66. The van der Waals surface area contributed by atoms with Crippen molar-refractivity contribution < 1.29 is 19.7 Å². The number of aromatic hydroxyl groups is 1. The molecule has 41 heavy (non-hydrogen) atoms. The van der Waals surface area contributed by atoms with Crippen LogP contribution >= 0.6 is 11.6 Å². The van der Waals surface area contributed by atoms with Crippen molar-refractivity contribution >= 4 is 36.4 Å². The SMILES string of the molecule is C=C(CO[Si](c1ccccc1)(c1ccccc1)C(C)(C)C)/C(=C/CO)C(O)CC/C(=C/c1ccc(O)cc1Cl)CC. The highest BCUT2D eigenvalue weighted by molar-refractivity contribution is 6.99. The van der Waals surface area contributed by atoms with E-state index in [-0.39, 0.29) is 24.0 Å². The maximum atomic E-state index is 11.3. The van der Waals surface area contributed by atoms with Gasteiger partial charge in [-0.05, 0) is 69.6 Å². The molecule has 0 aliphatic carbocycles. The molecule has 0 saturated carbocycles. The fourth-order valence-corrected chi connectivity index (χ4v) is 10.1. The lowest BCUT2D eigenvalue weighted by atomic mass is 9.95. The maximum absolute atomic E-state index is 11.3. The van der Waals surface area contributed by atoms with Crippen molar-refractivity contribution in [1.82, 2.24) is 0 Å². The summed E-state index contributed by atoms with van der Waals surface area (Å²) in [6.07, 6.45) is 4.71. The number of phenolic OH excluding ortho intramolecular Hbond substituents is 1. The van der Waals surface area contributed by atoms with Gasteiger partial charge in [-0.25, -0.2) is 0 Å². The average Bonchev–Trinajstić information content (AvgIpc) is 2.95. The van der Waals surface area contributed by atoms with E-state index >= 15 is 0 Å². The molecule has 0 aliphatic rings. The molecular weight excluding hydrogens is 548 g/mol. The molecule has 0 aromatic heterocycles. The molecule has 4 nitrogen and oxygen atoms in total. The van der Waals surface area contributed by atoms with E-state index in [1.807, 2.05) is 18.2 Å². The van der Waals surface area contributed by atoms with Crippen molar-refractivity contribution in [1.29, 1.82) is 0 Å². The molecule has 3 N–H and O–H groups in total. The van der Waals surface area contributed by atoms with Crippen molar-refractivity contribution in [2.75, 3.05) is 13.2 Å². The molecular formula is C35H43ClO4Si. The second-order valence-corrected chi connectivity index (χ2v) is 16.0. The Kier molecular flexibility index (Phi) is 11.8. The molecule has 0 fully saturated rings. The second-order valence-electron chi connectivity index (χ2n) is 11.3. The predicted molar refractivity (Wildman–Crippen MR) is 175 cm³/mol. The van der Waals surface area contributed by atoms with Crippen LogP contribution < -0.4 is 10.4 Å². The van der Waals surface area contributed by atoms with E-state index in [0.29, 0.717) is 29.0 Å². The first-order valence-corrected chi connectivity index (χ1v) is 16.4. The molecule has 1 atom stereocenters. The smallest absolute Gasteiger partial charge is 0.261 e. The largest absolute Gasteiger partial charge is 0.508 e. The Hall–Kier alpha value is -2.93. The van der Waals surface area contributed by atoms with Gasteiger partial charge in [0.1, 0.15) is 5.75 Å². The molecule has 3 aromatic rings. The highest BCUT2D eigenvalue weighted by atomic mass is 35.5. The van der Waals surface area contributed by atoms with Gasteiger partial charge < -0.3 is 19.7 Å². The quantitative estimate of drug-likeness (QED) is 0.148. The number of hydrogen-bond acceptors (Lipinski definition) is 4. The summed E-state index contributed by atoms with van der Waals surface area (Å²) < 4.78 is 7.01. The highest BCUT2D eigenvalue weighted by Crippen LogP contribution is 2.37. The van der Waals surface area contributed by atoms with E-state index in [0.717, 1.165) is 17.6 Å². The normalized spacial score (nSPS) is 13.7. The molecule has 6 heteroatoms. The number of benzene rings is 3. The Morgan fingerprint density at radius 2 is 1.59 bits per heavy atom. The zero-order chi connectivity index (χ0) is 30.0. The van der Waals surface area contributed by atoms with Crippen LogP contribution in [0, 0.1) is 0 Å². The summed E-state index contributed by atoms with van der Waals surface area (Å²) in [7, 11) is -2.78. The Morgan fingerprint density at radius 3 is 2.07 bits per heavy atom. The van der Waals surface area contributed by atoms with Crippen LogP contribution in [0.25, 0.3) is 6.08 Å². The number of rotatable bonds is 13. The Labute approximate surface area is 251 Å². The monoisotopic (exact) mass is 590 g/mol. The fraction of sp³-hybridized carbons (Fsp3) is 0.314. The standard InChI is InChI=1S/C35H43ClO4Si/c1-6-27(23-28-18-19-29(38)24-33(28)36)17-20-34(39)32(21-22-37)26(2)25-40-41(35(3,4)5,30-13-9-7-10-14-30)31-15-11-8-12-16-31/h7-16,18-19,21,23-24,34,37-39H,2,6,17,20,22,25H2,1,3-5H3/b27-23+,32-21-. The van der Waals surface area contributed by atoms with Gasteiger partial charge in [0.05, 0.1) is 24.3 Å². The van der Waals surface area contributed by atoms with Gasteiger partial charge in [0.25, 0.3) is 8.32 Å². The van der Waals surface area contributed by atoms with Gasteiger partial charge in [-0.15, -0.1) is 0 Å². The molecule has 218 valence electrons. The minimum absolute atomic E-state index is 0.123. The van der Waals surface area contributed by atoms with Crippen LogP contribution in [-0.4, -0.2) is 43.0 Å². The van der Waals surface area contributed by atoms with E-state index < -0.39 is 14.4 Å². The van der Waals surface area contributed by atoms with Gasteiger partial charge in [0.15, 0.2) is 0 Å². The lowest BCUT2D eigenvalue weighted by Gasteiger charge is -2.43. The molecule has 0 bridgehead atoms. The fourth-order valence-electron chi connectivity index (χ4n) is 5.34. The Balaban J connectivity index is 1.83. The van der Waals surface area contributed by atoms with Crippen LogP contribution in [-0.2, 0) is 4.43 Å². The number of hydrogen-bond donors (Lipinski definition) is 3. The van der Waals surface area contributed by atoms with Crippen molar-refractivity contribution in [3.05, 3.63) is 119 Å². The topological polar surface area (TPSA) is 69.9 Å². The zero-order valence-corrected chi connectivity index (χ0v) is 26.4. The van der Waals surface area contributed by atoms with E-state index in [2.05, 4.69) is 82.8 Å². The minimum Gasteiger partial charge on any atom is -0.508 e. The Morgan fingerprint density at radius 1 is 1.00 bits per heavy atom. The summed E-state index contributed by atoms with van der Waals surface area (Å²) in [5.41, 5.74) is 3.20. The molecule has 0 radical (unpaired) electrons. The molecule has 3 rings (SSSR count). The van der Waals surface area contributed by atoms with Crippen molar-refractivity contribution in [3.8, 4) is 5.75 Å². The van der Waals surface area contributed by atoms with Crippen molar-refractivity contribution in [3.63, 3.8) is 0 Å². The van der Waals surface area contributed by atoms with Gasteiger partial charge in [0, 0.05) is 0 Å². The third-order valence-electron chi connectivity index (χ3n) is 7.49. The highest BCUT2D eigenvalue weighted by Gasteiger charge is 2.50. The first-order valence-electron chi connectivity index (χ1n) is 14.1. The lowest BCUT2D eigenvalue weighted by molar-refractivity contribution is 0.198. The number of allylic oxidation sites excluding steroid dienone is 1. The summed E-state index contributed by atoms with van der Waals surface area (Å²) in [6, 6.07) is 25.7. The van der Waals surface area contributed by atoms with Gasteiger partial charge >= 0.3 is 0 Å². The zero-order valence-electron chi connectivity index (χ0n) is 24.6. The van der Waals surface area contributed by atoms with E-state index in [1.54, 1.807) is 18.2 Å².